The monoisotopic (exact) mass is 132 g/mol. The topological polar surface area (TPSA) is 20.2 Å². The molecule has 1 heterocycles. The van der Waals surface area contributed by atoms with Gasteiger partial charge in [-0.3, -0.25) is 0 Å². The van der Waals surface area contributed by atoms with Crippen molar-refractivity contribution in [3.63, 3.8) is 0 Å². The highest BCUT2D eigenvalue weighted by Gasteiger charge is 1.91. The summed E-state index contributed by atoms with van der Waals surface area (Å²) in [5.74, 6) is 0. The molecule has 3 heteroatoms. The molecule has 0 aromatic heterocycles. The highest BCUT2D eigenvalue weighted by molar-refractivity contribution is 8.11. The third-order valence-corrected chi connectivity index (χ3v) is 2.10. The summed E-state index contributed by atoms with van der Waals surface area (Å²) in [5.41, 5.74) is 0. The van der Waals surface area contributed by atoms with Crippen LogP contribution in [0.5, 0.6) is 0 Å². The van der Waals surface area contributed by atoms with Crippen molar-refractivity contribution >= 4 is 23.5 Å². The van der Waals surface area contributed by atoms with Crippen molar-refractivity contribution in [2.45, 2.75) is 0 Å². The van der Waals surface area contributed by atoms with Crippen molar-refractivity contribution in [1.29, 1.82) is 0 Å². The summed E-state index contributed by atoms with van der Waals surface area (Å²) in [4.78, 5) is 0. The number of aliphatic hydroxyl groups excluding tert-OH is 1. The van der Waals surface area contributed by atoms with E-state index in [0.29, 0.717) is 5.09 Å². The van der Waals surface area contributed by atoms with Gasteiger partial charge in [-0.05, 0) is 10.8 Å². The standard InChI is InChI=1S/C4H4OS2/c5-4-3-6-1-2-7-4/h1-3,5H. The Kier molecular flexibility index (Phi) is 1.70. The number of thioether (sulfide) groups is 2. The van der Waals surface area contributed by atoms with E-state index in [2.05, 4.69) is 0 Å². The molecule has 0 aliphatic carbocycles. The minimum Gasteiger partial charge on any atom is -0.502 e. The van der Waals surface area contributed by atoms with Crippen LogP contribution in [-0.4, -0.2) is 5.11 Å². The Bertz CT molecular complexity index is 117. The van der Waals surface area contributed by atoms with E-state index in [9.17, 15) is 0 Å². The molecular formula is C4H4OS2. The van der Waals surface area contributed by atoms with Crippen molar-refractivity contribution in [2.75, 3.05) is 0 Å². The molecule has 1 aliphatic heterocycles. The SMILES string of the molecule is OC1=CSC=CS1. The Balaban J connectivity index is 2.50. The van der Waals surface area contributed by atoms with Crippen LogP contribution in [0.3, 0.4) is 0 Å². The number of hydrogen-bond acceptors (Lipinski definition) is 3. The first-order valence-corrected chi connectivity index (χ1v) is 3.58. The minimum absolute atomic E-state index is 0.382. The fraction of sp³-hybridized carbons (Fsp3) is 0. The average Bonchev–Trinajstić information content (AvgIpc) is 1.69. The average molecular weight is 132 g/mol. The van der Waals surface area contributed by atoms with E-state index in [-0.39, 0.29) is 0 Å². The second kappa shape index (κ2) is 2.33. The number of aliphatic hydroxyl groups is 1. The highest BCUT2D eigenvalue weighted by atomic mass is 32.2. The Morgan fingerprint density at radius 2 is 2.29 bits per heavy atom. The van der Waals surface area contributed by atoms with Gasteiger partial charge in [0.2, 0.25) is 0 Å². The lowest BCUT2D eigenvalue weighted by Crippen LogP contribution is -1.68. The van der Waals surface area contributed by atoms with Gasteiger partial charge in [0.1, 0.15) is 0 Å². The molecule has 0 unspecified atom stereocenters. The molecule has 0 aromatic rings. The largest absolute Gasteiger partial charge is 0.502 e. The van der Waals surface area contributed by atoms with E-state index in [4.69, 9.17) is 5.11 Å². The summed E-state index contributed by atoms with van der Waals surface area (Å²) < 4.78 is 0. The maximum atomic E-state index is 8.66. The molecule has 0 saturated heterocycles. The lowest BCUT2D eigenvalue weighted by atomic mass is 11.1. The normalized spacial score (nSPS) is 19.1. The molecule has 1 rings (SSSR count). The minimum atomic E-state index is 0.382. The van der Waals surface area contributed by atoms with Gasteiger partial charge in [0.15, 0.2) is 5.09 Å². The van der Waals surface area contributed by atoms with Crippen LogP contribution in [0.25, 0.3) is 0 Å². The zero-order valence-electron chi connectivity index (χ0n) is 3.50. The molecule has 1 aliphatic rings. The van der Waals surface area contributed by atoms with Crippen molar-refractivity contribution in [3.05, 3.63) is 21.3 Å². The van der Waals surface area contributed by atoms with Gasteiger partial charge >= 0.3 is 0 Å². The van der Waals surface area contributed by atoms with Crippen molar-refractivity contribution in [3.8, 4) is 0 Å². The van der Waals surface area contributed by atoms with Crippen molar-refractivity contribution in [2.24, 2.45) is 0 Å². The lowest BCUT2D eigenvalue weighted by Gasteiger charge is -1.95. The summed E-state index contributed by atoms with van der Waals surface area (Å²) in [5, 5.41) is 14.5. The zero-order valence-corrected chi connectivity index (χ0v) is 5.13. The van der Waals surface area contributed by atoms with Gasteiger partial charge in [-0.15, -0.1) is 11.8 Å². The van der Waals surface area contributed by atoms with E-state index >= 15 is 0 Å². The van der Waals surface area contributed by atoms with Crippen LogP contribution >= 0.6 is 23.5 Å². The molecule has 7 heavy (non-hydrogen) atoms. The first kappa shape index (κ1) is 5.12. The summed E-state index contributed by atoms with van der Waals surface area (Å²) in [7, 11) is 0. The maximum Gasteiger partial charge on any atom is 0.160 e. The molecule has 0 saturated carbocycles. The molecule has 1 nitrogen and oxygen atoms in total. The number of rotatable bonds is 0. The first-order valence-electron chi connectivity index (χ1n) is 1.76. The molecule has 0 aromatic carbocycles. The van der Waals surface area contributed by atoms with Crippen LogP contribution in [0.1, 0.15) is 0 Å². The molecule has 38 valence electrons. The third kappa shape index (κ3) is 1.49. The van der Waals surface area contributed by atoms with Crippen LogP contribution in [0.4, 0.5) is 0 Å². The molecule has 0 spiro atoms. The van der Waals surface area contributed by atoms with Crippen LogP contribution in [0.15, 0.2) is 21.3 Å². The summed E-state index contributed by atoms with van der Waals surface area (Å²) in [6.45, 7) is 0. The Morgan fingerprint density at radius 1 is 1.43 bits per heavy atom. The third-order valence-electron chi connectivity index (χ3n) is 0.492. The van der Waals surface area contributed by atoms with E-state index in [1.54, 1.807) is 5.41 Å². The lowest BCUT2D eigenvalue weighted by molar-refractivity contribution is 0.458. The Labute approximate surface area is 50.5 Å². The van der Waals surface area contributed by atoms with Gasteiger partial charge in [0.25, 0.3) is 0 Å². The fourth-order valence-corrected chi connectivity index (χ4v) is 1.46. The molecule has 0 radical (unpaired) electrons. The number of hydrogen-bond donors (Lipinski definition) is 1. The van der Waals surface area contributed by atoms with Crippen LogP contribution in [-0.2, 0) is 0 Å². The molecule has 0 fully saturated rings. The zero-order chi connectivity index (χ0) is 5.11. The molecular weight excluding hydrogens is 128 g/mol. The van der Waals surface area contributed by atoms with E-state index in [1.165, 1.54) is 23.5 Å². The predicted molar refractivity (Wildman–Crippen MR) is 35.0 cm³/mol. The second-order valence-corrected chi connectivity index (χ2v) is 2.69. The van der Waals surface area contributed by atoms with E-state index < -0.39 is 0 Å². The highest BCUT2D eigenvalue weighted by Crippen LogP contribution is 2.24. The smallest absolute Gasteiger partial charge is 0.160 e. The van der Waals surface area contributed by atoms with Gasteiger partial charge in [-0.1, -0.05) is 11.8 Å². The summed E-state index contributed by atoms with van der Waals surface area (Å²) in [6.07, 6.45) is 0. The maximum absolute atomic E-state index is 8.66. The van der Waals surface area contributed by atoms with Crippen molar-refractivity contribution < 1.29 is 5.11 Å². The Morgan fingerprint density at radius 3 is 2.57 bits per heavy atom. The van der Waals surface area contributed by atoms with Gasteiger partial charge in [-0.2, -0.15) is 0 Å². The summed E-state index contributed by atoms with van der Waals surface area (Å²) >= 11 is 2.82. The molecule has 0 atom stereocenters. The molecule has 0 bridgehead atoms. The van der Waals surface area contributed by atoms with Gasteiger partial charge in [0.05, 0.1) is 0 Å². The Hall–Kier alpha value is -0.0200. The first-order chi connectivity index (χ1) is 3.39. The summed E-state index contributed by atoms with van der Waals surface area (Å²) in [6, 6.07) is 0. The molecule has 1 N–H and O–H groups in total. The van der Waals surface area contributed by atoms with Crippen molar-refractivity contribution in [1.82, 2.24) is 0 Å². The fourth-order valence-electron chi connectivity index (χ4n) is 0.255. The van der Waals surface area contributed by atoms with Crippen LogP contribution in [0, 0.1) is 0 Å². The predicted octanol–water partition coefficient (Wildman–Crippen LogP) is 2.29. The van der Waals surface area contributed by atoms with Crippen LogP contribution < -0.4 is 0 Å². The van der Waals surface area contributed by atoms with Gasteiger partial charge < -0.3 is 5.11 Å². The van der Waals surface area contributed by atoms with E-state index in [0.717, 1.165) is 0 Å². The second-order valence-electron chi connectivity index (χ2n) is 0.982. The quantitative estimate of drug-likeness (QED) is 0.546. The van der Waals surface area contributed by atoms with Gasteiger partial charge in [0, 0.05) is 5.41 Å². The molecule has 0 amide bonds. The van der Waals surface area contributed by atoms with Gasteiger partial charge in [-0.25, -0.2) is 0 Å². The van der Waals surface area contributed by atoms with Crippen LogP contribution in [0.2, 0.25) is 0 Å². The van der Waals surface area contributed by atoms with E-state index in [1.807, 2.05) is 10.8 Å².